The first-order valence-corrected chi connectivity index (χ1v) is 7.41. The Morgan fingerprint density at radius 1 is 1.39 bits per heavy atom. The van der Waals surface area contributed by atoms with Crippen molar-refractivity contribution in [3.05, 3.63) is 46.7 Å². The summed E-state index contributed by atoms with van der Waals surface area (Å²) in [6.07, 6.45) is 3.75. The van der Waals surface area contributed by atoms with Crippen LogP contribution in [0.4, 0.5) is 0 Å². The van der Waals surface area contributed by atoms with Crippen molar-refractivity contribution in [2.75, 3.05) is 0 Å². The summed E-state index contributed by atoms with van der Waals surface area (Å²) in [5.74, 6) is 0. The van der Waals surface area contributed by atoms with Crippen LogP contribution in [-0.2, 0) is 7.05 Å². The highest BCUT2D eigenvalue weighted by atomic mass is 79.9. The molecule has 2 unspecified atom stereocenters. The molecule has 1 aromatic carbocycles. The van der Waals surface area contributed by atoms with E-state index in [0.717, 1.165) is 9.63 Å². The molecule has 1 heterocycles. The van der Waals surface area contributed by atoms with E-state index in [2.05, 4.69) is 27.0 Å². The molecule has 0 fully saturated rings. The average Bonchev–Trinajstić information content (AvgIpc) is 2.73. The molecule has 0 radical (unpaired) electrons. The summed E-state index contributed by atoms with van der Waals surface area (Å²) in [5.41, 5.74) is 7.33. The molecule has 2 rings (SSSR count). The lowest BCUT2D eigenvalue weighted by Gasteiger charge is -2.21. The predicted octanol–water partition coefficient (Wildman–Crippen LogP) is 3.36. The number of nitrogens with zero attached hydrogens (tertiary/aromatic N) is 2. The van der Waals surface area contributed by atoms with Gasteiger partial charge in [0, 0.05) is 30.0 Å². The quantitative estimate of drug-likeness (QED) is 0.876. The number of benzene rings is 1. The number of hydrogen-bond donors (Lipinski definition) is 1. The van der Waals surface area contributed by atoms with Gasteiger partial charge in [0.1, 0.15) is 0 Å². The number of rotatable bonds is 4. The summed E-state index contributed by atoms with van der Waals surface area (Å²) in [6.45, 7) is 2.03. The molecule has 0 saturated heterocycles. The van der Waals surface area contributed by atoms with Crippen LogP contribution >= 0.6 is 27.7 Å². The smallest absolute Gasteiger partial charge is 0.168 e. The van der Waals surface area contributed by atoms with Crippen molar-refractivity contribution in [2.45, 2.75) is 23.4 Å². The van der Waals surface area contributed by atoms with E-state index in [9.17, 15) is 0 Å². The van der Waals surface area contributed by atoms with Gasteiger partial charge in [0.15, 0.2) is 5.16 Å². The Labute approximate surface area is 120 Å². The van der Waals surface area contributed by atoms with Gasteiger partial charge in [-0.15, -0.1) is 0 Å². The Kier molecular flexibility index (Phi) is 4.48. The lowest BCUT2D eigenvalue weighted by molar-refractivity contribution is 0.708. The fourth-order valence-corrected chi connectivity index (χ4v) is 3.54. The molecule has 3 nitrogen and oxygen atoms in total. The van der Waals surface area contributed by atoms with Crippen molar-refractivity contribution in [1.29, 1.82) is 0 Å². The Hall–Kier alpha value is -0.780. The number of imidazole rings is 1. The molecule has 5 heteroatoms. The van der Waals surface area contributed by atoms with Crippen LogP contribution in [0.5, 0.6) is 0 Å². The van der Waals surface area contributed by atoms with E-state index in [0.29, 0.717) is 0 Å². The highest BCUT2D eigenvalue weighted by Gasteiger charge is 2.21. The Morgan fingerprint density at radius 3 is 2.67 bits per heavy atom. The van der Waals surface area contributed by atoms with Gasteiger partial charge >= 0.3 is 0 Å². The van der Waals surface area contributed by atoms with Crippen LogP contribution in [-0.4, -0.2) is 15.6 Å². The van der Waals surface area contributed by atoms with Crippen LogP contribution in [0.1, 0.15) is 17.7 Å². The topological polar surface area (TPSA) is 43.8 Å². The fraction of sp³-hybridized carbons (Fsp3) is 0.308. The Balaban J connectivity index is 2.30. The van der Waals surface area contributed by atoms with Crippen molar-refractivity contribution in [2.24, 2.45) is 12.8 Å². The van der Waals surface area contributed by atoms with Gasteiger partial charge < -0.3 is 10.3 Å². The van der Waals surface area contributed by atoms with Crippen LogP contribution in [0, 0.1) is 0 Å². The maximum Gasteiger partial charge on any atom is 0.168 e. The highest BCUT2D eigenvalue weighted by molar-refractivity contribution is 9.10. The van der Waals surface area contributed by atoms with Crippen LogP contribution < -0.4 is 5.73 Å². The summed E-state index contributed by atoms with van der Waals surface area (Å²) < 4.78 is 3.10. The molecule has 2 aromatic rings. The standard InChI is InChI=1S/C13H16BrN3S/c1-9(15)12(10-5-3-4-6-11(10)14)18-13-16-7-8-17(13)2/h3-9,12H,15H2,1-2H3. The summed E-state index contributed by atoms with van der Waals surface area (Å²) in [5, 5.41) is 1.16. The lowest BCUT2D eigenvalue weighted by Crippen LogP contribution is -2.23. The zero-order chi connectivity index (χ0) is 13.1. The first kappa shape index (κ1) is 13.6. The highest BCUT2D eigenvalue weighted by Crippen LogP contribution is 2.39. The summed E-state index contributed by atoms with van der Waals surface area (Å²) >= 11 is 5.29. The molecule has 1 aromatic heterocycles. The molecule has 0 aliphatic carbocycles. The number of aryl methyl sites for hydroxylation is 1. The third-order valence-electron chi connectivity index (χ3n) is 2.70. The normalized spacial score (nSPS) is 14.4. The van der Waals surface area contributed by atoms with Crippen molar-refractivity contribution in [1.82, 2.24) is 9.55 Å². The Morgan fingerprint density at radius 2 is 2.11 bits per heavy atom. The van der Waals surface area contributed by atoms with Gasteiger partial charge in [-0.2, -0.15) is 0 Å². The molecule has 0 aliphatic rings. The second-order valence-electron chi connectivity index (χ2n) is 4.24. The zero-order valence-electron chi connectivity index (χ0n) is 10.4. The maximum absolute atomic E-state index is 6.13. The molecule has 18 heavy (non-hydrogen) atoms. The number of hydrogen-bond acceptors (Lipinski definition) is 3. The number of aromatic nitrogens is 2. The number of halogens is 1. The van der Waals surface area contributed by atoms with E-state index in [1.54, 1.807) is 18.0 Å². The van der Waals surface area contributed by atoms with Crippen LogP contribution in [0.15, 0.2) is 46.3 Å². The van der Waals surface area contributed by atoms with E-state index in [1.807, 2.05) is 42.9 Å². The monoisotopic (exact) mass is 325 g/mol. The van der Waals surface area contributed by atoms with Crippen LogP contribution in [0.2, 0.25) is 0 Å². The van der Waals surface area contributed by atoms with Gasteiger partial charge in [-0.1, -0.05) is 45.9 Å². The minimum absolute atomic E-state index is 0.0467. The second-order valence-corrected chi connectivity index (χ2v) is 6.20. The largest absolute Gasteiger partial charge is 0.329 e. The molecule has 0 aliphatic heterocycles. The molecule has 0 spiro atoms. The molecule has 0 amide bonds. The van der Waals surface area contributed by atoms with Crippen molar-refractivity contribution < 1.29 is 0 Å². The van der Waals surface area contributed by atoms with E-state index in [4.69, 9.17) is 5.73 Å². The lowest BCUT2D eigenvalue weighted by atomic mass is 10.1. The third-order valence-corrected chi connectivity index (χ3v) is 4.96. The minimum atomic E-state index is 0.0467. The molecule has 2 atom stereocenters. The van der Waals surface area contributed by atoms with Gasteiger partial charge in [-0.3, -0.25) is 0 Å². The number of nitrogens with two attached hydrogens (primary N) is 1. The molecule has 2 N–H and O–H groups in total. The van der Waals surface area contributed by atoms with E-state index in [-0.39, 0.29) is 11.3 Å². The summed E-state index contributed by atoms with van der Waals surface area (Å²) in [7, 11) is 1.99. The first-order valence-electron chi connectivity index (χ1n) is 5.73. The molecular formula is C13H16BrN3S. The third kappa shape index (κ3) is 2.96. The minimum Gasteiger partial charge on any atom is -0.329 e. The van der Waals surface area contributed by atoms with E-state index in [1.165, 1.54) is 5.56 Å². The van der Waals surface area contributed by atoms with Gasteiger partial charge in [0.2, 0.25) is 0 Å². The summed E-state index contributed by atoms with van der Waals surface area (Å²) in [4.78, 5) is 4.35. The van der Waals surface area contributed by atoms with E-state index < -0.39 is 0 Å². The predicted molar refractivity (Wildman–Crippen MR) is 79.6 cm³/mol. The zero-order valence-corrected chi connectivity index (χ0v) is 12.8. The van der Waals surface area contributed by atoms with Crippen molar-refractivity contribution in [3.8, 4) is 0 Å². The van der Waals surface area contributed by atoms with E-state index >= 15 is 0 Å². The molecule has 0 bridgehead atoms. The van der Waals surface area contributed by atoms with Crippen molar-refractivity contribution >= 4 is 27.7 Å². The number of thioether (sulfide) groups is 1. The first-order chi connectivity index (χ1) is 8.59. The maximum atomic E-state index is 6.13. The molecular weight excluding hydrogens is 310 g/mol. The molecule has 96 valence electrons. The van der Waals surface area contributed by atoms with Gasteiger partial charge in [0.05, 0.1) is 5.25 Å². The SMILES string of the molecule is CC(N)C(Sc1nccn1C)c1ccccc1Br. The summed E-state index contributed by atoms with van der Waals surface area (Å²) in [6, 6.07) is 8.24. The van der Waals surface area contributed by atoms with Crippen molar-refractivity contribution in [3.63, 3.8) is 0 Å². The fourth-order valence-electron chi connectivity index (χ4n) is 1.74. The van der Waals surface area contributed by atoms with Crippen LogP contribution in [0.25, 0.3) is 0 Å². The van der Waals surface area contributed by atoms with Gasteiger partial charge in [0.25, 0.3) is 0 Å². The second kappa shape index (κ2) is 5.91. The average molecular weight is 326 g/mol. The van der Waals surface area contributed by atoms with Gasteiger partial charge in [-0.05, 0) is 18.6 Å². The Bertz CT molecular complexity index is 524. The molecule has 0 saturated carbocycles. The van der Waals surface area contributed by atoms with Crippen LogP contribution in [0.3, 0.4) is 0 Å². The van der Waals surface area contributed by atoms with Gasteiger partial charge in [-0.25, -0.2) is 4.98 Å².